The third-order valence-electron chi connectivity index (χ3n) is 4.59. The molecule has 0 unspecified atom stereocenters. The van der Waals surface area contributed by atoms with Gasteiger partial charge < -0.3 is 5.32 Å². The van der Waals surface area contributed by atoms with Gasteiger partial charge in [0.25, 0.3) is 11.8 Å². The Morgan fingerprint density at radius 3 is 2.11 bits per heavy atom. The molecular weight excluding hydrogens is 372 g/mol. The Morgan fingerprint density at radius 1 is 0.821 bits per heavy atom. The van der Waals surface area contributed by atoms with Crippen molar-refractivity contribution in [3.05, 3.63) is 101 Å². The van der Waals surface area contributed by atoms with E-state index in [4.69, 9.17) is 11.6 Å². The van der Waals surface area contributed by atoms with Crippen molar-refractivity contribution in [2.45, 2.75) is 6.92 Å². The minimum Gasteiger partial charge on any atom is -0.350 e. The number of hydrogen-bond donors (Lipinski definition) is 1. The lowest BCUT2D eigenvalue weighted by Crippen LogP contribution is -2.33. The number of anilines is 2. The molecule has 3 aromatic rings. The molecule has 0 saturated carbocycles. The summed E-state index contributed by atoms with van der Waals surface area (Å²) in [5.41, 5.74) is 3.32. The molecule has 0 fully saturated rings. The lowest BCUT2D eigenvalue weighted by atomic mass is 10.0. The Hall–Kier alpha value is -3.37. The van der Waals surface area contributed by atoms with Gasteiger partial charge in [-0.3, -0.25) is 9.59 Å². The van der Waals surface area contributed by atoms with Crippen LogP contribution in [0.4, 0.5) is 11.4 Å². The lowest BCUT2D eigenvalue weighted by Gasteiger charge is -2.18. The molecule has 0 spiro atoms. The van der Waals surface area contributed by atoms with E-state index in [0.717, 1.165) is 11.3 Å². The summed E-state index contributed by atoms with van der Waals surface area (Å²) in [6.07, 6.45) is 0. The van der Waals surface area contributed by atoms with Crippen molar-refractivity contribution in [2.75, 3.05) is 10.2 Å². The predicted molar refractivity (Wildman–Crippen MR) is 112 cm³/mol. The molecule has 5 heteroatoms. The molecular formula is C23H17ClN2O2. The van der Waals surface area contributed by atoms with Gasteiger partial charge in [0.05, 0.1) is 11.3 Å². The van der Waals surface area contributed by atoms with Crippen LogP contribution < -0.4 is 10.2 Å². The summed E-state index contributed by atoms with van der Waals surface area (Å²) in [4.78, 5) is 27.8. The molecule has 1 aliphatic heterocycles. The van der Waals surface area contributed by atoms with Crippen LogP contribution in [0.1, 0.15) is 11.1 Å². The Morgan fingerprint density at radius 2 is 1.46 bits per heavy atom. The fraction of sp³-hybridized carbons (Fsp3) is 0.0435. The number of imide groups is 1. The number of halogens is 1. The SMILES string of the molecule is Cc1cc(Cl)ccc1N1C(=O)C(Nc2ccccc2)=C(c2ccccc2)C1=O. The monoisotopic (exact) mass is 388 g/mol. The van der Waals surface area contributed by atoms with Gasteiger partial charge in [0.1, 0.15) is 5.70 Å². The summed E-state index contributed by atoms with van der Waals surface area (Å²) in [5.74, 6) is -0.752. The fourth-order valence-electron chi connectivity index (χ4n) is 3.27. The van der Waals surface area contributed by atoms with Crippen LogP contribution in [-0.4, -0.2) is 11.8 Å². The maximum absolute atomic E-state index is 13.3. The van der Waals surface area contributed by atoms with Gasteiger partial charge in [0.2, 0.25) is 0 Å². The fourth-order valence-corrected chi connectivity index (χ4v) is 3.50. The highest BCUT2D eigenvalue weighted by Gasteiger charge is 2.40. The smallest absolute Gasteiger partial charge is 0.282 e. The largest absolute Gasteiger partial charge is 0.350 e. The molecule has 2 amide bonds. The molecule has 0 aliphatic carbocycles. The van der Waals surface area contributed by atoms with Crippen molar-refractivity contribution in [1.82, 2.24) is 0 Å². The van der Waals surface area contributed by atoms with Crippen LogP contribution in [0.15, 0.2) is 84.6 Å². The third kappa shape index (κ3) is 3.19. The normalized spacial score (nSPS) is 14.0. The topological polar surface area (TPSA) is 49.4 Å². The lowest BCUT2D eigenvalue weighted by molar-refractivity contribution is -0.120. The Bertz CT molecular complexity index is 1090. The van der Waals surface area contributed by atoms with Crippen molar-refractivity contribution in [1.29, 1.82) is 0 Å². The number of amides is 2. The van der Waals surface area contributed by atoms with Crippen LogP contribution >= 0.6 is 11.6 Å². The molecule has 138 valence electrons. The zero-order valence-electron chi connectivity index (χ0n) is 15.1. The van der Waals surface area contributed by atoms with E-state index in [0.29, 0.717) is 21.8 Å². The second-order valence-corrected chi connectivity index (χ2v) is 6.92. The number of carbonyl (C=O) groups is 2. The van der Waals surface area contributed by atoms with Crippen LogP contribution in [0.3, 0.4) is 0 Å². The standard InChI is InChI=1S/C23H17ClN2O2/c1-15-14-17(24)12-13-19(15)26-22(27)20(16-8-4-2-5-9-16)21(23(26)28)25-18-10-6-3-7-11-18/h2-14,25H,1H3. The summed E-state index contributed by atoms with van der Waals surface area (Å²) in [6, 6.07) is 23.6. The summed E-state index contributed by atoms with van der Waals surface area (Å²) >= 11 is 6.05. The number of hydrogen-bond acceptors (Lipinski definition) is 3. The highest BCUT2D eigenvalue weighted by atomic mass is 35.5. The summed E-state index contributed by atoms with van der Waals surface area (Å²) in [6.45, 7) is 1.83. The van der Waals surface area contributed by atoms with Gasteiger partial charge in [-0.15, -0.1) is 0 Å². The van der Waals surface area contributed by atoms with E-state index in [2.05, 4.69) is 5.32 Å². The van der Waals surface area contributed by atoms with Gasteiger partial charge in [0, 0.05) is 10.7 Å². The average Bonchev–Trinajstić information content (AvgIpc) is 2.94. The summed E-state index contributed by atoms with van der Waals surface area (Å²) in [7, 11) is 0. The number of aryl methyl sites for hydroxylation is 1. The van der Waals surface area contributed by atoms with E-state index < -0.39 is 5.91 Å². The minimum absolute atomic E-state index is 0.261. The van der Waals surface area contributed by atoms with E-state index in [1.165, 1.54) is 4.90 Å². The number of benzene rings is 3. The van der Waals surface area contributed by atoms with Gasteiger partial charge in [0.15, 0.2) is 0 Å². The van der Waals surface area contributed by atoms with Gasteiger partial charge in [-0.2, -0.15) is 0 Å². The number of nitrogens with one attached hydrogen (secondary N) is 1. The minimum atomic E-state index is -0.391. The molecule has 0 bridgehead atoms. The zero-order valence-corrected chi connectivity index (χ0v) is 15.9. The third-order valence-corrected chi connectivity index (χ3v) is 4.82. The van der Waals surface area contributed by atoms with Gasteiger partial charge in [-0.25, -0.2) is 4.90 Å². The second kappa shape index (κ2) is 7.33. The number of nitrogens with zero attached hydrogens (tertiary/aromatic N) is 1. The number of rotatable bonds is 4. The highest BCUT2D eigenvalue weighted by Crippen LogP contribution is 2.35. The molecule has 1 heterocycles. The first kappa shape index (κ1) is 18.0. The number of carbonyl (C=O) groups excluding carboxylic acids is 2. The van der Waals surface area contributed by atoms with Gasteiger partial charge in [-0.05, 0) is 48.4 Å². The maximum Gasteiger partial charge on any atom is 0.282 e. The quantitative estimate of drug-likeness (QED) is 0.636. The van der Waals surface area contributed by atoms with Crippen molar-refractivity contribution in [2.24, 2.45) is 0 Å². The first-order valence-electron chi connectivity index (χ1n) is 8.83. The van der Waals surface area contributed by atoms with Gasteiger partial charge in [-0.1, -0.05) is 60.1 Å². The molecule has 1 aliphatic rings. The molecule has 0 radical (unpaired) electrons. The molecule has 4 nitrogen and oxygen atoms in total. The summed E-state index contributed by atoms with van der Waals surface area (Å²) < 4.78 is 0. The molecule has 3 aromatic carbocycles. The zero-order chi connectivity index (χ0) is 19.7. The molecule has 4 rings (SSSR count). The van der Waals surface area contributed by atoms with Gasteiger partial charge >= 0.3 is 0 Å². The predicted octanol–water partition coefficient (Wildman–Crippen LogP) is 5.05. The van der Waals surface area contributed by atoms with Crippen LogP contribution in [0.2, 0.25) is 5.02 Å². The van der Waals surface area contributed by atoms with Crippen molar-refractivity contribution >= 4 is 40.4 Å². The maximum atomic E-state index is 13.3. The average molecular weight is 389 g/mol. The molecule has 0 atom stereocenters. The molecule has 28 heavy (non-hydrogen) atoms. The highest BCUT2D eigenvalue weighted by molar-refractivity contribution is 6.46. The van der Waals surface area contributed by atoms with Crippen LogP contribution in [0, 0.1) is 6.92 Å². The molecule has 1 N–H and O–H groups in total. The van der Waals surface area contributed by atoms with Crippen LogP contribution in [-0.2, 0) is 9.59 Å². The Labute approximate surface area is 168 Å². The van der Waals surface area contributed by atoms with Crippen molar-refractivity contribution in [3.8, 4) is 0 Å². The van der Waals surface area contributed by atoms with E-state index in [9.17, 15) is 9.59 Å². The van der Waals surface area contributed by atoms with Crippen LogP contribution in [0.25, 0.3) is 5.57 Å². The first-order valence-corrected chi connectivity index (χ1v) is 9.21. The number of para-hydroxylation sites is 1. The Kier molecular flexibility index (Phi) is 4.72. The second-order valence-electron chi connectivity index (χ2n) is 6.48. The van der Waals surface area contributed by atoms with Crippen molar-refractivity contribution in [3.63, 3.8) is 0 Å². The summed E-state index contributed by atoms with van der Waals surface area (Å²) in [5, 5.41) is 3.70. The van der Waals surface area contributed by atoms with E-state index >= 15 is 0 Å². The Balaban J connectivity index is 1.84. The van der Waals surface area contributed by atoms with E-state index in [-0.39, 0.29) is 11.6 Å². The van der Waals surface area contributed by atoms with E-state index in [1.807, 2.05) is 67.6 Å². The molecule has 0 aromatic heterocycles. The molecule has 0 saturated heterocycles. The van der Waals surface area contributed by atoms with E-state index in [1.54, 1.807) is 18.2 Å². The first-order chi connectivity index (χ1) is 13.6. The van der Waals surface area contributed by atoms with Crippen LogP contribution in [0.5, 0.6) is 0 Å². The van der Waals surface area contributed by atoms with Crippen molar-refractivity contribution < 1.29 is 9.59 Å².